The Bertz CT molecular complexity index is 384. The van der Waals surface area contributed by atoms with Crippen molar-refractivity contribution in [2.45, 2.75) is 26.3 Å². The second kappa shape index (κ2) is 5.81. The first-order chi connectivity index (χ1) is 8.57. The molecule has 2 nitrogen and oxygen atoms in total. The fraction of sp³-hybridized carbons (Fsp3) is 0.600. The number of halogens is 1. The lowest BCUT2D eigenvalue weighted by molar-refractivity contribution is 0.137. The van der Waals surface area contributed by atoms with Crippen molar-refractivity contribution in [3.63, 3.8) is 0 Å². The molecule has 0 amide bonds. The number of benzene rings is 1. The van der Waals surface area contributed by atoms with Crippen molar-refractivity contribution in [2.24, 2.45) is 5.41 Å². The van der Waals surface area contributed by atoms with Gasteiger partial charge in [0.25, 0.3) is 0 Å². The lowest BCUT2D eigenvalue weighted by Crippen LogP contribution is -2.41. The van der Waals surface area contributed by atoms with E-state index in [4.69, 9.17) is 0 Å². The molecule has 100 valence electrons. The van der Waals surface area contributed by atoms with Gasteiger partial charge >= 0.3 is 0 Å². The fourth-order valence-electron chi connectivity index (χ4n) is 2.49. The van der Waals surface area contributed by atoms with Gasteiger partial charge in [-0.3, -0.25) is 0 Å². The Labute approximate surface area is 109 Å². The van der Waals surface area contributed by atoms with E-state index in [-0.39, 0.29) is 5.82 Å². The summed E-state index contributed by atoms with van der Waals surface area (Å²) in [6.45, 7) is 6.47. The topological polar surface area (TPSA) is 15.3 Å². The van der Waals surface area contributed by atoms with Crippen LogP contribution in [0.25, 0.3) is 0 Å². The largest absolute Gasteiger partial charge is 0.312 e. The molecule has 1 saturated heterocycles. The molecule has 1 heterocycles. The normalized spacial score (nSPS) is 19.9. The molecule has 0 atom stereocenters. The standard InChI is InChI=1S/C15H23FN2/c1-15(6-8-18(2)9-7-15)12-17-11-13-4-3-5-14(16)10-13/h3-5,10,17H,6-9,11-12H2,1-2H3. The maximum atomic E-state index is 13.0. The van der Waals surface area contributed by atoms with Crippen LogP contribution in [0.5, 0.6) is 0 Å². The van der Waals surface area contributed by atoms with Crippen LogP contribution in [0.15, 0.2) is 24.3 Å². The Hall–Kier alpha value is -0.930. The first-order valence-electron chi connectivity index (χ1n) is 6.71. The predicted molar refractivity (Wildman–Crippen MR) is 72.9 cm³/mol. The van der Waals surface area contributed by atoms with Gasteiger partial charge in [0.2, 0.25) is 0 Å². The number of rotatable bonds is 4. The Morgan fingerprint density at radius 1 is 1.33 bits per heavy atom. The molecule has 3 heteroatoms. The highest BCUT2D eigenvalue weighted by molar-refractivity contribution is 5.15. The SMILES string of the molecule is CN1CCC(C)(CNCc2cccc(F)c2)CC1. The fourth-order valence-corrected chi connectivity index (χ4v) is 2.49. The van der Waals surface area contributed by atoms with Crippen LogP contribution in [0.2, 0.25) is 0 Å². The maximum Gasteiger partial charge on any atom is 0.123 e. The lowest BCUT2D eigenvalue weighted by atomic mass is 9.80. The van der Waals surface area contributed by atoms with E-state index in [0.717, 1.165) is 18.7 Å². The highest BCUT2D eigenvalue weighted by Crippen LogP contribution is 2.29. The molecule has 0 aromatic heterocycles. The van der Waals surface area contributed by atoms with Crippen LogP contribution in [-0.4, -0.2) is 31.6 Å². The highest BCUT2D eigenvalue weighted by Gasteiger charge is 2.28. The summed E-state index contributed by atoms with van der Waals surface area (Å²) in [4.78, 5) is 2.38. The van der Waals surface area contributed by atoms with Gasteiger partial charge in [0, 0.05) is 13.1 Å². The monoisotopic (exact) mass is 250 g/mol. The predicted octanol–water partition coefficient (Wildman–Crippen LogP) is 2.65. The van der Waals surface area contributed by atoms with E-state index in [0.29, 0.717) is 5.41 Å². The molecule has 0 saturated carbocycles. The number of hydrogen-bond acceptors (Lipinski definition) is 2. The summed E-state index contributed by atoms with van der Waals surface area (Å²) in [7, 11) is 2.18. The zero-order chi connectivity index (χ0) is 13.0. The van der Waals surface area contributed by atoms with Crippen LogP contribution in [0.1, 0.15) is 25.3 Å². The third kappa shape index (κ3) is 3.79. The molecule has 1 aromatic rings. The quantitative estimate of drug-likeness (QED) is 0.884. The van der Waals surface area contributed by atoms with Gasteiger partial charge in [0.15, 0.2) is 0 Å². The number of nitrogens with one attached hydrogen (secondary N) is 1. The third-order valence-corrected chi connectivity index (χ3v) is 3.96. The second-order valence-electron chi connectivity index (χ2n) is 5.85. The summed E-state index contributed by atoms with van der Waals surface area (Å²) in [6.07, 6.45) is 2.47. The Balaban J connectivity index is 1.78. The summed E-state index contributed by atoms with van der Waals surface area (Å²) in [5.74, 6) is -0.153. The first-order valence-corrected chi connectivity index (χ1v) is 6.71. The van der Waals surface area contributed by atoms with E-state index in [1.54, 1.807) is 12.1 Å². The Morgan fingerprint density at radius 3 is 2.72 bits per heavy atom. The number of hydrogen-bond donors (Lipinski definition) is 1. The van der Waals surface area contributed by atoms with E-state index in [9.17, 15) is 4.39 Å². The first kappa shape index (κ1) is 13.5. The molecule has 0 bridgehead atoms. The Kier molecular flexibility index (Phi) is 4.36. The van der Waals surface area contributed by atoms with Crippen LogP contribution in [-0.2, 0) is 6.54 Å². The van der Waals surface area contributed by atoms with Gasteiger partial charge in [-0.1, -0.05) is 19.1 Å². The van der Waals surface area contributed by atoms with E-state index < -0.39 is 0 Å². The van der Waals surface area contributed by atoms with Crippen molar-refractivity contribution in [1.82, 2.24) is 10.2 Å². The summed E-state index contributed by atoms with van der Waals surface area (Å²) < 4.78 is 13.0. The summed E-state index contributed by atoms with van der Waals surface area (Å²) in [5.41, 5.74) is 1.41. The number of nitrogens with zero attached hydrogens (tertiary/aromatic N) is 1. The molecule has 2 rings (SSSR count). The second-order valence-corrected chi connectivity index (χ2v) is 5.85. The van der Waals surface area contributed by atoms with Gasteiger partial charge in [-0.15, -0.1) is 0 Å². The lowest BCUT2D eigenvalue weighted by Gasteiger charge is -2.38. The molecule has 1 aromatic carbocycles. The zero-order valence-corrected chi connectivity index (χ0v) is 11.4. The van der Waals surface area contributed by atoms with E-state index in [2.05, 4.69) is 24.2 Å². The van der Waals surface area contributed by atoms with Crippen molar-refractivity contribution in [3.8, 4) is 0 Å². The van der Waals surface area contributed by atoms with Crippen LogP contribution >= 0.6 is 0 Å². The molecule has 1 fully saturated rings. The van der Waals surface area contributed by atoms with Crippen LogP contribution in [0, 0.1) is 11.2 Å². The minimum atomic E-state index is -0.153. The number of likely N-dealkylation sites (tertiary alicyclic amines) is 1. The smallest absolute Gasteiger partial charge is 0.123 e. The van der Waals surface area contributed by atoms with Crippen molar-refractivity contribution >= 4 is 0 Å². The number of piperidine rings is 1. The van der Waals surface area contributed by atoms with Crippen molar-refractivity contribution in [2.75, 3.05) is 26.7 Å². The van der Waals surface area contributed by atoms with Gasteiger partial charge in [-0.25, -0.2) is 4.39 Å². The zero-order valence-electron chi connectivity index (χ0n) is 11.4. The van der Waals surface area contributed by atoms with Crippen molar-refractivity contribution < 1.29 is 4.39 Å². The molecular weight excluding hydrogens is 227 g/mol. The van der Waals surface area contributed by atoms with Gasteiger partial charge < -0.3 is 10.2 Å². The molecule has 1 aliphatic heterocycles. The maximum absolute atomic E-state index is 13.0. The molecule has 0 radical (unpaired) electrons. The molecular formula is C15H23FN2. The minimum Gasteiger partial charge on any atom is -0.312 e. The molecule has 0 aliphatic carbocycles. The molecule has 18 heavy (non-hydrogen) atoms. The van der Waals surface area contributed by atoms with Crippen LogP contribution in [0.4, 0.5) is 4.39 Å². The van der Waals surface area contributed by atoms with Gasteiger partial charge in [0.05, 0.1) is 0 Å². The summed E-state index contributed by atoms with van der Waals surface area (Å²) in [5, 5.41) is 3.47. The average molecular weight is 250 g/mol. The van der Waals surface area contributed by atoms with Gasteiger partial charge in [-0.2, -0.15) is 0 Å². The molecule has 0 unspecified atom stereocenters. The van der Waals surface area contributed by atoms with Crippen molar-refractivity contribution in [1.29, 1.82) is 0 Å². The average Bonchev–Trinajstić information content (AvgIpc) is 2.34. The van der Waals surface area contributed by atoms with Crippen molar-refractivity contribution in [3.05, 3.63) is 35.6 Å². The van der Waals surface area contributed by atoms with Gasteiger partial charge in [-0.05, 0) is 56.1 Å². The molecule has 1 aliphatic rings. The van der Waals surface area contributed by atoms with Gasteiger partial charge in [0.1, 0.15) is 5.82 Å². The van der Waals surface area contributed by atoms with E-state index >= 15 is 0 Å². The summed E-state index contributed by atoms with van der Waals surface area (Å²) in [6, 6.07) is 6.82. The minimum absolute atomic E-state index is 0.153. The highest BCUT2D eigenvalue weighted by atomic mass is 19.1. The van der Waals surface area contributed by atoms with E-state index in [1.807, 2.05) is 6.07 Å². The van der Waals surface area contributed by atoms with Crippen LogP contribution in [0.3, 0.4) is 0 Å². The third-order valence-electron chi connectivity index (χ3n) is 3.96. The Morgan fingerprint density at radius 2 is 2.06 bits per heavy atom. The van der Waals surface area contributed by atoms with E-state index in [1.165, 1.54) is 32.0 Å². The molecule has 1 N–H and O–H groups in total. The van der Waals surface area contributed by atoms with Crippen LogP contribution < -0.4 is 5.32 Å². The molecule has 0 spiro atoms. The summed E-state index contributed by atoms with van der Waals surface area (Å²) >= 11 is 0.